The van der Waals surface area contributed by atoms with Crippen molar-refractivity contribution in [3.63, 3.8) is 0 Å². The lowest BCUT2D eigenvalue weighted by molar-refractivity contribution is 0.660. The van der Waals surface area contributed by atoms with Crippen molar-refractivity contribution >= 4 is 44.9 Å². The largest absolute Gasteiger partial charge is 0.456 e. The van der Waals surface area contributed by atoms with Gasteiger partial charge in [0, 0.05) is 44.2 Å². The van der Waals surface area contributed by atoms with E-state index in [9.17, 15) is 0 Å². The molecule has 0 atom stereocenters. The molecule has 174 valence electrons. The Kier molecular flexibility index (Phi) is 4.58. The van der Waals surface area contributed by atoms with Gasteiger partial charge < -0.3 is 9.73 Å². The van der Waals surface area contributed by atoms with Crippen LogP contribution in [0.5, 0.6) is 0 Å². The van der Waals surface area contributed by atoms with Gasteiger partial charge in [0.2, 0.25) is 0 Å². The number of para-hydroxylation sites is 1. The zero-order valence-electron chi connectivity index (χ0n) is 20.1. The quantitative estimate of drug-likeness (QED) is 0.269. The Morgan fingerprint density at radius 2 is 1.39 bits per heavy atom. The van der Waals surface area contributed by atoms with Crippen LogP contribution in [-0.2, 0) is 5.41 Å². The molecule has 1 aliphatic carbocycles. The normalized spacial score (nSPS) is 13.6. The standard InChI is InChI=1S/C33H24ClNO/c1-33(2)28-12-5-3-10-23(28)27-19-30(34)26(18-29(27)33)20-8-7-9-21(16-20)35-22-14-15-25-24-11-4-6-13-31(24)36-32(25)17-22/h3-19,35H,1-2H3. The second-order valence-electron chi connectivity index (χ2n) is 10.1. The van der Waals surface area contributed by atoms with E-state index in [4.69, 9.17) is 16.0 Å². The van der Waals surface area contributed by atoms with Crippen LogP contribution >= 0.6 is 11.6 Å². The maximum Gasteiger partial charge on any atom is 0.137 e. The molecule has 0 fully saturated rings. The van der Waals surface area contributed by atoms with Crippen LogP contribution in [0.15, 0.2) is 108 Å². The van der Waals surface area contributed by atoms with Gasteiger partial charge in [0.25, 0.3) is 0 Å². The van der Waals surface area contributed by atoms with E-state index >= 15 is 0 Å². The molecule has 0 spiro atoms. The predicted octanol–water partition coefficient (Wildman–Crippen LogP) is 9.96. The Morgan fingerprint density at radius 3 is 2.31 bits per heavy atom. The average Bonchev–Trinajstić information content (AvgIpc) is 3.36. The van der Waals surface area contributed by atoms with Gasteiger partial charge in [-0.2, -0.15) is 0 Å². The first-order valence-electron chi connectivity index (χ1n) is 12.2. The summed E-state index contributed by atoms with van der Waals surface area (Å²) in [5, 5.41) is 6.58. The summed E-state index contributed by atoms with van der Waals surface area (Å²) in [4.78, 5) is 0. The number of benzene rings is 5. The van der Waals surface area contributed by atoms with Crippen molar-refractivity contribution in [2.24, 2.45) is 0 Å². The van der Waals surface area contributed by atoms with Crippen molar-refractivity contribution in [1.82, 2.24) is 0 Å². The maximum atomic E-state index is 6.89. The highest BCUT2D eigenvalue weighted by Crippen LogP contribution is 2.51. The zero-order chi connectivity index (χ0) is 24.4. The fraction of sp³-hybridized carbons (Fsp3) is 0.0909. The molecule has 0 saturated heterocycles. The molecule has 2 nitrogen and oxygen atoms in total. The molecular formula is C33H24ClNO. The Labute approximate surface area is 215 Å². The van der Waals surface area contributed by atoms with Gasteiger partial charge in [-0.15, -0.1) is 0 Å². The van der Waals surface area contributed by atoms with Crippen LogP contribution in [0.1, 0.15) is 25.0 Å². The first kappa shape index (κ1) is 21.3. The average molecular weight is 486 g/mol. The van der Waals surface area contributed by atoms with Crippen LogP contribution in [0.4, 0.5) is 11.4 Å². The predicted molar refractivity (Wildman–Crippen MR) is 151 cm³/mol. The Balaban J connectivity index is 1.26. The van der Waals surface area contributed by atoms with Crippen LogP contribution in [0.25, 0.3) is 44.2 Å². The van der Waals surface area contributed by atoms with Gasteiger partial charge in [0.15, 0.2) is 0 Å². The number of rotatable bonds is 3. The van der Waals surface area contributed by atoms with Crippen molar-refractivity contribution in [3.05, 3.63) is 119 Å². The topological polar surface area (TPSA) is 25.2 Å². The molecule has 6 aromatic rings. The van der Waals surface area contributed by atoms with E-state index in [1.54, 1.807) is 0 Å². The molecule has 0 aliphatic heterocycles. The fourth-order valence-electron chi connectivity index (χ4n) is 5.68. The lowest BCUT2D eigenvalue weighted by atomic mass is 9.81. The summed E-state index contributed by atoms with van der Waals surface area (Å²) in [6, 6.07) is 35.9. The Bertz CT molecular complexity index is 1810. The first-order valence-corrected chi connectivity index (χ1v) is 12.6. The second kappa shape index (κ2) is 7.74. The molecule has 0 bridgehead atoms. The monoisotopic (exact) mass is 485 g/mol. The Morgan fingerprint density at radius 1 is 0.611 bits per heavy atom. The van der Waals surface area contributed by atoms with Crippen molar-refractivity contribution in [1.29, 1.82) is 0 Å². The smallest absolute Gasteiger partial charge is 0.137 e. The number of hydrogen-bond acceptors (Lipinski definition) is 2. The highest BCUT2D eigenvalue weighted by Gasteiger charge is 2.35. The Hall–Kier alpha value is -4.01. The number of halogens is 1. The van der Waals surface area contributed by atoms with Gasteiger partial charge in [0.1, 0.15) is 11.2 Å². The maximum absolute atomic E-state index is 6.89. The summed E-state index contributed by atoms with van der Waals surface area (Å²) in [7, 11) is 0. The van der Waals surface area contributed by atoms with E-state index < -0.39 is 0 Å². The van der Waals surface area contributed by atoms with E-state index in [1.165, 1.54) is 22.3 Å². The number of hydrogen-bond donors (Lipinski definition) is 1. The molecular weight excluding hydrogens is 462 g/mol. The molecule has 36 heavy (non-hydrogen) atoms. The van der Waals surface area contributed by atoms with Gasteiger partial charge in [-0.25, -0.2) is 0 Å². The van der Waals surface area contributed by atoms with Crippen LogP contribution < -0.4 is 5.32 Å². The third-order valence-corrected chi connectivity index (χ3v) is 7.82. The minimum absolute atomic E-state index is 0.0663. The molecule has 1 aliphatic rings. The summed E-state index contributed by atoms with van der Waals surface area (Å²) in [5.41, 5.74) is 11.0. The van der Waals surface area contributed by atoms with Crippen molar-refractivity contribution < 1.29 is 4.42 Å². The number of fused-ring (bicyclic) bond motifs is 6. The molecule has 1 aromatic heterocycles. The number of nitrogens with one attached hydrogen (secondary N) is 1. The molecule has 3 heteroatoms. The highest BCUT2D eigenvalue weighted by molar-refractivity contribution is 6.33. The van der Waals surface area contributed by atoms with E-state index in [0.29, 0.717) is 0 Å². The van der Waals surface area contributed by atoms with E-state index in [0.717, 1.165) is 49.5 Å². The summed E-state index contributed by atoms with van der Waals surface area (Å²) in [6.45, 7) is 4.59. The fourth-order valence-corrected chi connectivity index (χ4v) is 5.95. The lowest BCUT2D eigenvalue weighted by Crippen LogP contribution is -2.14. The van der Waals surface area contributed by atoms with Crippen LogP contribution in [0.3, 0.4) is 0 Å². The van der Waals surface area contributed by atoms with Gasteiger partial charge >= 0.3 is 0 Å². The minimum Gasteiger partial charge on any atom is -0.456 e. The number of anilines is 2. The third-order valence-electron chi connectivity index (χ3n) is 7.51. The molecule has 0 saturated carbocycles. The summed E-state index contributed by atoms with van der Waals surface area (Å²) < 4.78 is 6.07. The number of furan rings is 1. The second-order valence-corrected chi connectivity index (χ2v) is 10.5. The van der Waals surface area contributed by atoms with Crippen molar-refractivity contribution in [3.8, 4) is 22.3 Å². The molecule has 0 radical (unpaired) electrons. The summed E-state index contributed by atoms with van der Waals surface area (Å²) in [5.74, 6) is 0. The first-order chi connectivity index (χ1) is 17.5. The van der Waals surface area contributed by atoms with Crippen molar-refractivity contribution in [2.75, 3.05) is 5.32 Å². The van der Waals surface area contributed by atoms with E-state index in [1.807, 2.05) is 18.2 Å². The van der Waals surface area contributed by atoms with Crippen LogP contribution in [0, 0.1) is 0 Å². The molecule has 0 unspecified atom stereocenters. The third kappa shape index (κ3) is 3.18. The molecule has 7 rings (SSSR count). The lowest BCUT2D eigenvalue weighted by Gasteiger charge is -2.22. The summed E-state index contributed by atoms with van der Waals surface area (Å²) in [6.07, 6.45) is 0. The van der Waals surface area contributed by atoms with Gasteiger partial charge in [-0.1, -0.05) is 80.0 Å². The summed E-state index contributed by atoms with van der Waals surface area (Å²) >= 11 is 6.89. The van der Waals surface area contributed by atoms with Crippen LogP contribution in [0.2, 0.25) is 5.02 Å². The highest BCUT2D eigenvalue weighted by atomic mass is 35.5. The van der Waals surface area contributed by atoms with Crippen molar-refractivity contribution in [2.45, 2.75) is 19.3 Å². The molecule has 0 amide bonds. The van der Waals surface area contributed by atoms with Crippen LogP contribution in [-0.4, -0.2) is 0 Å². The minimum atomic E-state index is -0.0663. The van der Waals surface area contributed by atoms with Gasteiger partial charge in [-0.05, 0) is 70.3 Å². The van der Waals surface area contributed by atoms with E-state index in [2.05, 4.69) is 104 Å². The molecule has 5 aromatic carbocycles. The zero-order valence-corrected chi connectivity index (χ0v) is 20.9. The molecule has 1 heterocycles. The van der Waals surface area contributed by atoms with Gasteiger partial charge in [-0.3, -0.25) is 0 Å². The van der Waals surface area contributed by atoms with Gasteiger partial charge in [0.05, 0.1) is 0 Å². The SMILES string of the molecule is CC1(C)c2ccccc2-c2cc(Cl)c(-c3cccc(Nc4ccc5c(c4)oc4ccccc45)c3)cc21. The van der Waals surface area contributed by atoms with E-state index in [-0.39, 0.29) is 5.41 Å². The molecule has 1 N–H and O–H groups in total.